The molecule has 0 radical (unpaired) electrons. The van der Waals surface area contributed by atoms with Gasteiger partial charge < -0.3 is 5.32 Å². The zero-order valence-corrected chi connectivity index (χ0v) is 13.8. The molecule has 0 aliphatic heterocycles. The molecule has 0 saturated heterocycles. The third kappa shape index (κ3) is 2.85. The fraction of sp³-hybridized carbons (Fsp3) is 0.0556. The minimum Gasteiger partial charge on any atom is -0.365 e. The lowest BCUT2D eigenvalue weighted by Gasteiger charge is -2.08. The molecule has 0 spiro atoms. The Morgan fingerprint density at radius 3 is 2.70 bits per heavy atom. The highest BCUT2D eigenvalue weighted by Gasteiger charge is 2.12. The van der Waals surface area contributed by atoms with Gasteiger partial charge in [0.15, 0.2) is 0 Å². The molecule has 0 saturated carbocycles. The van der Waals surface area contributed by atoms with Crippen LogP contribution in [0.3, 0.4) is 0 Å². The Hall–Kier alpha value is -2.24. The first-order valence-electron chi connectivity index (χ1n) is 7.19. The summed E-state index contributed by atoms with van der Waals surface area (Å²) in [5.74, 6) is 0.652. The normalized spacial score (nSPS) is 11.0. The summed E-state index contributed by atoms with van der Waals surface area (Å²) in [5.41, 5.74) is 2.09. The molecule has 0 atom stereocenters. The van der Waals surface area contributed by atoms with Gasteiger partial charge in [-0.15, -0.1) is 22.7 Å². The lowest BCUT2D eigenvalue weighted by atomic mass is 10.1. The van der Waals surface area contributed by atoms with Gasteiger partial charge in [0.25, 0.3) is 0 Å². The van der Waals surface area contributed by atoms with Gasteiger partial charge in [-0.05, 0) is 40.6 Å². The molecular formula is C18H13FN2S2. The molecule has 5 heteroatoms. The van der Waals surface area contributed by atoms with Crippen LogP contribution < -0.4 is 5.32 Å². The second kappa shape index (κ2) is 6.10. The molecule has 0 amide bonds. The summed E-state index contributed by atoms with van der Waals surface area (Å²) in [7, 11) is 0. The van der Waals surface area contributed by atoms with Crippen molar-refractivity contribution < 1.29 is 4.39 Å². The van der Waals surface area contributed by atoms with Crippen LogP contribution in [0.5, 0.6) is 0 Å². The Morgan fingerprint density at radius 1 is 1.04 bits per heavy atom. The molecule has 23 heavy (non-hydrogen) atoms. The SMILES string of the molecule is Fc1ccc(-c2csc3ccnc(NCc4cccs4)c23)cc1. The lowest BCUT2D eigenvalue weighted by Crippen LogP contribution is -2.00. The highest BCUT2D eigenvalue weighted by atomic mass is 32.1. The molecule has 0 aliphatic carbocycles. The Bertz CT molecular complexity index is 927. The molecule has 1 aromatic carbocycles. The number of nitrogens with zero attached hydrogens (tertiary/aromatic N) is 1. The molecule has 0 aliphatic rings. The number of pyridine rings is 1. The lowest BCUT2D eigenvalue weighted by molar-refractivity contribution is 0.628. The number of fused-ring (bicyclic) bond motifs is 1. The number of benzene rings is 1. The summed E-state index contributed by atoms with van der Waals surface area (Å²) in [6, 6.07) is 12.8. The van der Waals surface area contributed by atoms with Crippen LogP contribution in [0.1, 0.15) is 4.88 Å². The standard InChI is InChI=1S/C18H13FN2S2/c19-13-5-3-12(4-6-13)15-11-23-16-7-8-20-18(17(15)16)21-10-14-2-1-9-22-14/h1-9,11H,10H2,(H,20,21). The van der Waals surface area contributed by atoms with Crippen LogP contribution in [0.15, 0.2) is 59.4 Å². The van der Waals surface area contributed by atoms with E-state index in [0.717, 1.165) is 28.9 Å². The first-order valence-corrected chi connectivity index (χ1v) is 8.95. The fourth-order valence-corrected chi connectivity index (χ4v) is 4.15. The molecule has 0 unspecified atom stereocenters. The van der Waals surface area contributed by atoms with E-state index in [4.69, 9.17) is 0 Å². The maximum Gasteiger partial charge on any atom is 0.135 e. The van der Waals surface area contributed by atoms with Crippen molar-refractivity contribution in [3.63, 3.8) is 0 Å². The predicted octanol–water partition coefficient (Wildman–Crippen LogP) is 5.78. The van der Waals surface area contributed by atoms with Crippen molar-refractivity contribution in [2.24, 2.45) is 0 Å². The van der Waals surface area contributed by atoms with Crippen LogP contribution in [-0.4, -0.2) is 4.98 Å². The topological polar surface area (TPSA) is 24.9 Å². The largest absolute Gasteiger partial charge is 0.365 e. The van der Waals surface area contributed by atoms with E-state index < -0.39 is 0 Å². The molecule has 3 aromatic heterocycles. The van der Waals surface area contributed by atoms with Gasteiger partial charge in [-0.25, -0.2) is 9.37 Å². The molecule has 4 rings (SSSR count). The number of anilines is 1. The first-order chi connectivity index (χ1) is 11.3. The number of rotatable bonds is 4. The summed E-state index contributed by atoms with van der Waals surface area (Å²) < 4.78 is 14.4. The van der Waals surface area contributed by atoms with Crippen LogP contribution in [0.4, 0.5) is 10.2 Å². The second-order valence-electron chi connectivity index (χ2n) is 5.12. The van der Waals surface area contributed by atoms with Crippen molar-refractivity contribution in [1.82, 2.24) is 4.98 Å². The van der Waals surface area contributed by atoms with Gasteiger partial charge in [-0.3, -0.25) is 0 Å². The average molecular weight is 340 g/mol. The van der Waals surface area contributed by atoms with Crippen molar-refractivity contribution in [2.75, 3.05) is 5.32 Å². The summed E-state index contributed by atoms with van der Waals surface area (Å²) in [6.07, 6.45) is 1.82. The van der Waals surface area contributed by atoms with Crippen molar-refractivity contribution >= 4 is 38.6 Å². The smallest absolute Gasteiger partial charge is 0.135 e. The third-order valence-electron chi connectivity index (χ3n) is 3.65. The monoisotopic (exact) mass is 340 g/mol. The first kappa shape index (κ1) is 14.4. The molecule has 0 fully saturated rings. The molecule has 3 heterocycles. The summed E-state index contributed by atoms with van der Waals surface area (Å²) in [5, 5.41) is 8.70. The van der Waals surface area contributed by atoms with E-state index in [1.165, 1.54) is 21.7 Å². The molecule has 1 N–H and O–H groups in total. The van der Waals surface area contributed by atoms with E-state index in [1.807, 2.05) is 30.5 Å². The van der Waals surface area contributed by atoms with Gasteiger partial charge in [-0.1, -0.05) is 18.2 Å². The Kier molecular flexibility index (Phi) is 3.81. The summed E-state index contributed by atoms with van der Waals surface area (Å²) in [4.78, 5) is 5.77. The Morgan fingerprint density at radius 2 is 1.91 bits per heavy atom. The minimum absolute atomic E-state index is 0.220. The van der Waals surface area contributed by atoms with Crippen LogP contribution in [-0.2, 0) is 6.54 Å². The average Bonchev–Trinajstić information content (AvgIpc) is 3.23. The minimum atomic E-state index is -0.220. The Balaban J connectivity index is 1.75. The number of aromatic nitrogens is 1. The number of halogens is 1. The second-order valence-corrected chi connectivity index (χ2v) is 7.07. The van der Waals surface area contributed by atoms with Crippen LogP contribution in [0.25, 0.3) is 21.2 Å². The highest BCUT2D eigenvalue weighted by Crippen LogP contribution is 2.37. The van der Waals surface area contributed by atoms with E-state index in [9.17, 15) is 4.39 Å². The van der Waals surface area contributed by atoms with E-state index in [-0.39, 0.29) is 5.82 Å². The van der Waals surface area contributed by atoms with Crippen LogP contribution >= 0.6 is 22.7 Å². The van der Waals surface area contributed by atoms with E-state index in [1.54, 1.807) is 22.7 Å². The van der Waals surface area contributed by atoms with Crippen molar-refractivity contribution in [1.29, 1.82) is 0 Å². The Labute approximate surface area is 141 Å². The number of nitrogens with one attached hydrogen (secondary N) is 1. The number of hydrogen-bond donors (Lipinski definition) is 1. The quantitative estimate of drug-likeness (QED) is 0.509. The van der Waals surface area contributed by atoms with Crippen molar-refractivity contribution in [3.05, 3.63) is 70.1 Å². The van der Waals surface area contributed by atoms with Crippen LogP contribution in [0, 0.1) is 5.82 Å². The van der Waals surface area contributed by atoms with Gasteiger partial charge in [0, 0.05) is 26.7 Å². The molecular weight excluding hydrogens is 327 g/mol. The number of hydrogen-bond acceptors (Lipinski definition) is 4. The molecule has 4 aromatic rings. The van der Waals surface area contributed by atoms with E-state index in [2.05, 4.69) is 27.1 Å². The number of thiophene rings is 2. The molecule has 2 nitrogen and oxygen atoms in total. The maximum atomic E-state index is 13.2. The fourth-order valence-electron chi connectivity index (χ4n) is 2.54. The molecule has 114 valence electrons. The van der Waals surface area contributed by atoms with Crippen molar-refractivity contribution in [2.45, 2.75) is 6.54 Å². The maximum absolute atomic E-state index is 13.2. The van der Waals surface area contributed by atoms with Gasteiger partial charge in [0.1, 0.15) is 11.6 Å². The van der Waals surface area contributed by atoms with E-state index >= 15 is 0 Å². The summed E-state index contributed by atoms with van der Waals surface area (Å²) >= 11 is 3.40. The van der Waals surface area contributed by atoms with Gasteiger partial charge >= 0.3 is 0 Å². The zero-order valence-electron chi connectivity index (χ0n) is 12.1. The summed E-state index contributed by atoms with van der Waals surface area (Å²) in [6.45, 7) is 0.752. The highest BCUT2D eigenvalue weighted by molar-refractivity contribution is 7.17. The zero-order chi connectivity index (χ0) is 15.6. The van der Waals surface area contributed by atoms with Gasteiger partial charge in [-0.2, -0.15) is 0 Å². The van der Waals surface area contributed by atoms with Gasteiger partial charge in [0.2, 0.25) is 0 Å². The van der Waals surface area contributed by atoms with E-state index in [0.29, 0.717) is 0 Å². The molecule has 0 bridgehead atoms. The van der Waals surface area contributed by atoms with Crippen molar-refractivity contribution in [3.8, 4) is 11.1 Å². The van der Waals surface area contributed by atoms with Crippen LogP contribution in [0.2, 0.25) is 0 Å². The predicted molar refractivity (Wildman–Crippen MR) is 96.7 cm³/mol. The third-order valence-corrected chi connectivity index (χ3v) is 5.48. The van der Waals surface area contributed by atoms with Gasteiger partial charge in [0.05, 0.1) is 6.54 Å².